The first-order valence-corrected chi connectivity index (χ1v) is 5.80. The Morgan fingerprint density at radius 1 is 1.11 bits per heavy atom. The number of nitrogen functional groups attached to an aromatic ring is 1. The normalized spacial score (nSPS) is 10.7. The number of aryl methyl sites for hydroxylation is 1. The zero-order chi connectivity index (χ0) is 13.0. The van der Waals surface area contributed by atoms with Crippen molar-refractivity contribution in [2.75, 3.05) is 5.73 Å². The van der Waals surface area contributed by atoms with E-state index in [-0.39, 0.29) is 5.78 Å². The molecule has 2 nitrogen and oxygen atoms in total. The summed E-state index contributed by atoms with van der Waals surface area (Å²) in [6, 6.07) is 15.1. The van der Waals surface area contributed by atoms with Gasteiger partial charge in [0.05, 0.1) is 0 Å². The SMILES string of the molecule is Cc1cccc(/C=C/C(=O)c2ccccc2N)c1. The maximum absolute atomic E-state index is 12.0. The first-order valence-electron chi connectivity index (χ1n) is 5.80. The van der Waals surface area contributed by atoms with Crippen molar-refractivity contribution >= 4 is 17.5 Å². The van der Waals surface area contributed by atoms with Gasteiger partial charge < -0.3 is 5.73 Å². The van der Waals surface area contributed by atoms with E-state index in [0.29, 0.717) is 11.3 Å². The minimum Gasteiger partial charge on any atom is -0.398 e. The molecule has 0 heterocycles. The number of rotatable bonds is 3. The first-order chi connectivity index (χ1) is 8.66. The van der Waals surface area contributed by atoms with Crippen molar-refractivity contribution in [1.29, 1.82) is 0 Å². The van der Waals surface area contributed by atoms with Crippen LogP contribution in [0.25, 0.3) is 6.08 Å². The number of carbonyl (C=O) groups excluding carboxylic acids is 1. The number of hydrogen-bond acceptors (Lipinski definition) is 2. The minimum atomic E-state index is -0.0744. The van der Waals surface area contributed by atoms with Gasteiger partial charge in [0.2, 0.25) is 0 Å². The van der Waals surface area contributed by atoms with Gasteiger partial charge in [-0.1, -0.05) is 48.0 Å². The molecule has 0 saturated heterocycles. The summed E-state index contributed by atoms with van der Waals surface area (Å²) in [5.74, 6) is -0.0744. The van der Waals surface area contributed by atoms with Crippen molar-refractivity contribution in [3.05, 3.63) is 71.3 Å². The highest BCUT2D eigenvalue weighted by Gasteiger charge is 2.04. The second kappa shape index (κ2) is 5.32. The van der Waals surface area contributed by atoms with E-state index in [1.54, 1.807) is 18.2 Å². The van der Waals surface area contributed by atoms with Gasteiger partial charge in [-0.15, -0.1) is 0 Å². The van der Waals surface area contributed by atoms with Gasteiger partial charge in [-0.2, -0.15) is 0 Å². The van der Waals surface area contributed by atoms with Crippen LogP contribution >= 0.6 is 0 Å². The zero-order valence-corrected chi connectivity index (χ0v) is 10.3. The Bertz CT molecular complexity index is 600. The summed E-state index contributed by atoms with van der Waals surface area (Å²) < 4.78 is 0. The third-order valence-corrected chi connectivity index (χ3v) is 2.70. The Labute approximate surface area is 107 Å². The number of anilines is 1. The molecule has 0 bridgehead atoms. The molecule has 0 saturated carbocycles. The number of carbonyl (C=O) groups is 1. The number of para-hydroxylation sites is 1. The molecule has 2 aromatic rings. The largest absolute Gasteiger partial charge is 0.398 e. The Balaban J connectivity index is 2.20. The molecule has 0 atom stereocenters. The molecule has 2 N–H and O–H groups in total. The molecule has 18 heavy (non-hydrogen) atoms. The molecule has 0 aromatic heterocycles. The van der Waals surface area contributed by atoms with E-state index in [9.17, 15) is 4.79 Å². The average molecular weight is 237 g/mol. The molecule has 0 radical (unpaired) electrons. The van der Waals surface area contributed by atoms with Crippen molar-refractivity contribution in [3.63, 3.8) is 0 Å². The highest BCUT2D eigenvalue weighted by molar-refractivity contribution is 6.10. The lowest BCUT2D eigenvalue weighted by atomic mass is 10.1. The molecule has 90 valence electrons. The maximum Gasteiger partial charge on any atom is 0.187 e. The zero-order valence-electron chi connectivity index (χ0n) is 10.3. The van der Waals surface area contributed by atoms with Crippen molar-refractivity contribution in [2.24, 2.45) is 0 Å². The van der Waals surface area contributed by atoms with Crippen LogP contribution in [0.2, 0.25) is 0 Å². The van der Waals surface area contributed by atoms with Crippen LogP contribution in [0.1, 0.15) is 21.5 Å². The van der Waals surface area contributed by atoms with Gasteiger partial charge in [0.1, 0.15) is 0 Å². The van der Waals surface area contributed by atoms with Crippen molar-refractivity contribution in [1.82, 2.24) is 0 Å². The summed E-state index contributed by atoms with van der Waals surface area (Å²) in [4.78, 5) is 12.0. The van der Waals surface area contributed by atoms with Gasteiger partial charge in [0, 0.05) is 11.3 Å². The quantitative estimate of drug-likeness (QED) is 0.504. The van der Waals surface area contributed by atoms with Gasteiger partial charge in [-0.05, 0) is 30.7 Å². The van der Waals surface area contributed by atoms with Crippen LogP contribution in [0.15, 0.2) is 54.6 Å². The summed E-state index contributed by atoms with van der Waals surface area (Å²) in [5.41, 5.74) is 9.00. The van der Waals surface area contributed by atoms with Crippen LogP contribution in [-0.2, 0) is 0 Å². The fourth-order valence-corrected chi connectivity index (χ4v) is 1.76. The Kier molecular flexibility index (Phi) is 3.58. The second-order valence-electron chi connectivity index (χ2n) is 4.20. The summed E-state index contributed by atoms with van der Waals surface area (Å²) in [6.07, 6.45) is 3.36. The highest BCUT2D eigenvalue weighted by Crippen LogP contribution is 2.13. The molecule has 0 aliphatic heterocycles. The molecule has 0 aliphatic rings. The predicted molar refractivity (Wildman–Crippen MR) is 75.4 cm³/mol. The van der Waals surface area contributed by atoms with Crippen LogP contribution in [0.5, 0.6) is 0 Å². The van der Waals surface area contributed by atoms with E-state index >= 15 is 0 Å². The molecule has 0 amide bonds. The average Bonchev–Trinajstić information content (AvgIpc) is 2.37. The van der Waals surface area contributed by atoms with Crippen LogP contribution in [-0.4, -0.2) is 5.78 Å². The molecular weight excluding hydrogens is 222 g/mol. The van der Waals surface area contributed by atoms with E-state index in [4.69, 9.17) is 5.73 Å². The van der Waals surface area contributed by atoms with Gasteiger partial charge in [0.25, 0.3) is 0 Å². The lowest BCUT2D eigenvalue weighted by Gasteiger charge is -2.00. The van der Waals surface area contributed by atoms with Crippen molar-refractivity contribution in [2.45, 2.75) is 6.92 Å². The smallest absolute Gasteiger partial charge is 0.187 e. The van der Waals surface area contributed by atoms with E-state index in [0.717, 1.165) is 5.56 Å². The molecule has 0 aliphatic carbocycles. The number of ketones is 1. The highest BCUT2D eigenvalue weighted by atomic mass is 16.1. The van der Waals surface area contributed by atoms with Crippen LogP contribution in [0.4, 0.5) is 5.69 Å². The first kappa shape index (κ1) is 12.1. The lowest BCUT2D eigenvalue weighted by molar-refractivity contribution is 0.104. The van der Waals surface area contributed by atoms with Gasteiger partial charge in [-0.3, -0.25) is 4.79 Å². The van der Waals surface area contributed by atoms with E-state index < -0.39 is 0 Å². The van der Waals surface area contributed by atoms with Crippen LogP contribution in [0, 0.1) is 6.92 Å². The molecule has 0 spiro atoms. The fourth-order valence-electron chi connectivity index (χ4n) is 1.76. The molecular formula is C16H15NO. The topological polar surface area (TPSA) is 43.1 Å². The van der Waals surface area contributed by atoms with Gasteiger partial charge >= 0.3 is 0 Å². The summed E-state index contributed by atoms with van der Waals surface area (Å²) in [7, 11) is 0. The monoisotopic (exact) mass is 237 g/mol. The van der Waals surface area contributed by atoms with E-state index in [2.05, 4.69) is 0 Å². The van der Waals surface area contributed by atoms with Crippen molar-refractivity contribution < 1.29 is 4.79 Å². The Morgan fingerprint density at radius 3 is 2.61 bits per heavy atom. The number of benzene rings is 2. The maximum atomic E-state index is 12.0. The third-order valence-electron chi connectivity index (χ3n) is 2.70. The third kappa shape index (κ3) is 2.86. The van der Waals surface area contributed by atoms with Gasteiger partial charge in [0.15, 0.2) is 5.78 Å². The Morgan fingerprint density at radius 2 is 1.89 bits per heavy atom. The van der Waals surface area contributed by atoms with Crippen LogP contribution in [0.3, 0.4) is 0 Å². The van der Waals surface area contributed by atoms with Crippen molar-refractivity contribution in [3.8, 4) is 0 Å². The fraction of sp³-hybridized carbons (Fsp3) is 0.0625. The minimum absolute atomic E-state index is 0.0744. The van der Waals surface area contributed by atoms with E-state index in [1.165, 1.54) is 5.56 Å². The number of nitrogens with two attached hydrogens (primary N) is 1. The second-order valence-corrected chi connectivity index (χ2v) is 4.20. The Hall–Kier alpha value is -2.35. The number of allylic oxidation sites excluding steroid dienone is 1. The van der Waals surface area contributed by atoms with Crippen LogP contribution < -0.4 is 5.73 Å². The summed E-state index contributed by atoms with van der Waals surface area (Å²) >= 11 is 0. The summed E-state index contributed by atoms with van der Waals surface area (Å²) in [5, 5.41) is 0. The molecule has 2 rings (SSSR count). The van der Waals surface area contributed by atoms with Gasteiger partial charge in [-0.25, -0.2) is 0 Å². The predicted octanol–water partition coefficient (Wildman–Crippen LogP) is 3.47. The molecule has 2 heteroatoms. The molecule has 0 fully saturated rings. The molecule has 0 unspecified atom stereocenters. The lowest BCUT2D eigenvalue weighted by Crippen LogP contribution is -1.99. The number of hydrogen-bond donors (Lipinski definition) is 1. The standard InChI is InChI=1S/C16H15NO/c1-12-5-4-6-13(11-12)9-10-16(18)14-7-2-3-8-15(14)17/h2-11H,17H2,1H3/b10-9+. The molecule has 2 aromatic carbocycles. The van der Waals surface area contributed by atoms with E-state index in [1.807, 2.05) is 49.4 Å². The summed E-state index contributed by atoms with van der Waals surface area (Å²) in [6.45, 7) is 2.02.